The zero-order valence-electron chi connectivity index (χ0n) is 14.0. The number of halogens is 1. The van der Waals surface area contributed by atoms with Gasteiger partial charge in [-0.3, -0.25) is 9.59 Å². The molecule has 2 aliphatic heterocycles. The molecule has 2 amide bonds. The van der Waals surface area contributed by atoms with Crippen molar-refractivity contribution >= 4 is 23.4 Å². The van der Waals surface area contributed by atoms with Crippen molar-refractivity contribution in [1.29, 1.82) is 0 Å². The maximum Gasteiger partial charge on any atom is 0.227 e. The van der Waals surface area contributed by atoms with Crippen LogP contribution in [-0.2, 0) is 20.7 Å². The summed E-state index contributed by atoms with van der Waals surface area (Å²) in [6.07, 6.45) is 0.358. The van der Waals surface area contributed by atoms with E-state index in [9.17, 15) is 9.59 Å². The molecule has 1 saturated heterocycles. The van der Waals surface area contributed by atoms with Crippen LogP contribution in [0, 0.1) is 0 Å². The first-order valence-electron chi connectivity index (χ1n) is 8.24. The second-order valence-electron chi connectivity index (χ2n) is 5.96. The summed E-state index contributed by atoms with van der Waals surface area (Å²) in [6, 6.07) is 3.17. The molecule has 2 heterocycles. The number of fused-ring (bicyclic) bond motifs is 1. The monoisotopic (exact) mass is 368 g/mol. The molecule has 0 saturated carbocycles. The minimum atomic E-state index is -0.266. The first kappa shape index (κ1) is 17.8. The smallest absolute Gasteiger partial charge is 0.227 e. The Balaban J connectivity index is 1.73. The van der Waals surface area contributed by atoms with Gasteiger partial charge in [-0.25, -0.2) is 0 Å². The summed E-state index contributed by atoms with van der Waals surface area (Å²) in [5, 5.41) is 3.05. The van der Waals surface area contributed by atoms with Crippen LogP contribution in [0.1, 0.15) is 12.0 Å². The highest BCUT2D eigenvalue weighted by Gasteiger charge is 2.29. The number of ether oxygens (including phenoxy) is 3. The lowest BCUT2D eigenvalue weighted by molar-refractivity contribution is -0.140. The van der Waals surface area contributed by atoms with E-state index in [-0.39, 0.29) is 30.7 Å². The Morgan fingerprint density at radius 3 is 2.68 bits per heavy atom. The van der Waals surface area contributed by atoms with Crippen molar-refractivity contribution in [1.82, 2.24) is 10.2 Å². The lowest BCUT2D eigenvalue weighted by atomic mass is 10.1. The molecule has 136 valence electrons. The van der Waals surface area contributed by atoms with E-state index in [1.165, 1.54) is 0 Å². The van der Waals surface area contributed by atoms with Crippen LogP contribution in [0.25, 0.3) is 0 Å². The molecule has 1 aromatic carbocycles. The molecule has 0 radical (unpaired) electrons. The van der Waals surface area contributed by atoms with Gasteiger partial charge >= 0.3 is 0 Å². The molecule has 0 spiro atoms. The summed E-state index contributed by atoms with van der Waals surface area (Å²) in [6.45, 7) is 2.23. The van der Waals surface area contributed by atoms with E-state index in [2.05, 4.69) is 5.32 Å². The van der Waals surface area contributed by atoms with Crippen LogP contribution in [-0.4, -0.2) is 62.8 Å². The number of morpholine rings is 1. The Morgan fingerprint density at radius 2 is 1.96 bits per heavy atom. The summed E-state index contributed by atoms with van der Waals surface area (Å²) in [4.78, 5) is 26.1. The highest BCUT2D eigenvalue weighted by molar-refractivity contribution is 6.31. The molecule has 25 heavy (non-hydrogen) atoms. The van der Waals surface area contributed by atoms with Crippen molar-refractivity contribution in [3.8, 4) is 11.5 Å². The molecule has 1 aromatic rings. The molecule has 0 unspecified atom stereocenters. The summed E-state index contributed by atoms with van der Waals surface area (Å²) in [7, 11) is 1.58. The number of amides is 2. The molecule has 0 bridgehead atoms. The third kappa shape index (κ3) is 4.16. The summed E-state index contributed by atoms with van der Waals surface area (Å²) in [5.74, 6) is 0.986. The number of carbonyl (C=O) groups excluding carboxylic acids is 2. The van der Waals surface area contributed by atoms with Crippen LogP contribution in [0.5, 0.6) is 11.5 Å². The molecule has 1 atom stereocenters. The topological polar surface area (TPSA) is 77.1 Å². The van der Waals surface area contributed by atoms with Gasteiger partial charge in [-0.2, -0.15) is 0 Å². The zero-order valence-corrected chi connectivity index (χ0v) is 14.8. The van der Waals surface area contributed by atoms with Gasteiger partial charge in [0.1, 0.15) is 13.2 Å². The van der Waals surface area contributed by atoms with Crippen LogP contribution < -0.4 is 14.8 Å². The van der Waals surface area contributed by atoms with E-state index in [4.69, 9.17) is 25.8 Å². The van der Waals surface area contributed by atoms with E-state index in [1.54, 1.807) is 24.1 Å². The summed E-state index contributed by atoms with van der Waals surface area (Å²) >= 11 is 6.29. The highest BCUT2D eigenvalue weighted by atomic mass is 35.5. The molecule has 0 aliphatic carbocycles. The molecule has 2 aliphatic rings. The van der Waals surface area contributed by atoms with E-state index in [0.717, 1.165) is 0 Å². The molecule has 1 N–H and O–H groups in total. The van der Waals surface area contributed by atoms with Gasteiger partial charge in [0.05, 0.1) is 25.7 Å². The number of carbonyl (C=O) groups is 2. The quantitative estimate of drug-likeness (QED) is 0.858. The van der Waals surface area contributed by atoms with E-state index in [1.807, 2.05) is 0 Å². The summed E-state index contributed by atoms with van der Waals surface area (Å²) < 4.78 is 16.5. The SMILES string of the molecule is CNC(=O)C[C@H]1COCCN1C(=O)Cc1cc2c(cc1Cl)OCCO2. The van der Waals surface area contributed by atoms with Gasteiger partial charge in [-0.1, -0.05) is 11.6 Å². The van der Waals surface area contributed by atoms with Crippen molar-refractivity contribution in [3.05, 3.63) is 22.7 Å². The number of nitrogens with one attached hydrogen (secondary N) is 1. The van der Waals surface area contributed by atoms with Crippen LogP contribution in [0.3, 0.4) is 0 Å². The minimum Gasteiger partial charge on any atom is -0.486 e. The maximum atomic E-state index is 12.8. The first-order chi connectivity index (χ1) is 12.1. The lowest BCUT2D eigenvalue weighted by Gasteiger charge is -2.35. The standard InChI is InChI=1S/C17H21ClN2O5/c1-19-16(21)8-12-10-23-3-2-20(12)17(22)7-11-6-14-15(9-13(11)18)25-5-4-24-14/h6,9,12H,2-5,7-8,10H2,1H3,(H,19,21)/t12-/m0/s1. The van der Waals surface area contributed by atoms with Crippen molar-refractivity contribution in [2.45, 2.75) is 18.9 Å². The molecule has 1 fully saturated rings. The van der Waals surface area contributed by atoms with Crippen LogP contribution in [0.4, 0.5) is 0 Å². The van der Waals surface area contributed by atoms with Crippen molar-refractivity contribution in [3.63, 3.8) is 0 Å². The maximum absolute atomic E-state index is 12.8. The molecule has 8 heteroatoms. The minimum absolute atomic E-state index is 0.0872. The summed E-state index contributed by atoms with van der Waals surface area (Å²) in [5.41, 5.74) is 0.682. The van der Waals surface area contributed by atoms with Crippen LogP contribution in [0.2, 0.25) is 5.02 Å². The van der Waals surface area contributed by atoms with Crippen LogP contribution in [0.15, 0.2) is 12.1 Å². The Labute approximate surface area is 151 Å². The van der Waals surface area contributed by atoms with Crippen molar-refractivity contribution < 1.29 is 23.8 Å². The van der Waals surface area contributed by atoms with Gasteiger partial charge in [-0.05, 0) is 11.6 Å². The predicted octanol–water partition coefficient (Wildman–Crippen LogP) is 1.02. The van der Waals surface area contributed by atoms with Gasteiger partial charge in [-0.15, -0.1) is 0 Å². The zero-order chi connectivity index (χ0) is 17.8. The Kier molecular flexibility index (Phi) is 5.65. The fraction of sp³-hybridized carbons (Fsp3) is 0.529. The number of benzene rings is 1. The van der Waals surface area contributed by atoms with E-state index < -0.39 is 0 Å². The predicted molar refractivity (Wildman–Crippen MR) is 91.1 cm³/mol. The normalized spacial score (nSPS) is 19.4. The second-order valence-corrected chi connectivity index (χ2v) is 6.36. The lowest BCUT2D eigenvalue weighted by Crippen LogP contribution is -2.50. The molecule has 0 aromatic heterocycles. The molecular formula is C17H21ClN2O5. The molecule has 7 nitrogen and oxygen atoms in total. The van der Waals surface area contributed by atoms with Crippen molar-refractivity contribution in [2.24, 2.45) is 0 Å². The van der Waals surface area contributed by atoms with Gasteiger partial charge < -0.3 is 24.4 Å². The van der Waals surface area contributed by atoms with Gasteiger partial charge in [0.25, 0.3) is 0 Å². The number of hydrogen-bond donors (Lipinski definition) is 1. The number of rotatable bonds is 4. The van der Waals surface area contributed by atoms with Gasteiger partial charge in [0.15, 0.2) is 11.5 Å². The average molecular weight is 369 g/mol. The van der Waals surface area contributed by atoms with Crippen molar-refractivity contribution in [2.75, 3.05) is 40.0 Å². The fourth-order valence-corrected chi connectivity index (χ4v) is 3.19. The number of hydrogen-bond acceptors (Lipinski definition) is 5. The molecular weight excluding hydrogens is 348 g/mol. The Bertz CT molecular complexity index is 667. The van der Waals surface area contributed by atoms with E-state index in [0.29, 0.717) is 55.1 Å². The fourth-order valence-electron chi connectivity index (χ4n) is 2.97. The Morgan fingerprint density at radius 1 is 1.24 bits per heavy atom. The third-order valence-corrected chi connectivity index (χ3v) is 4.65. The average Bonchev–Trinajstić information content (AvgIpc) is 2.62. The highest BCUT2D eigenvalue weighted by Crippen LogP contribution is 2.35. The molecule has 3 rings (SSSR count). The van der Waals surface area contributed by atoms with Gasteiger partial charge in [0.2, 0.25) is 11.8 Å². The largest absolute Gasteiger partial charge is 0.486 e. The van der Waals surface area contributed by atoms with Crippen LogP contribution >= 0.6 is 11.6 Å². The Hall–Kier alpha value is -1.99. The second kappa shape index (κ2) is 7.93. The third-order valence-electron chi connectivity index (χ3n) is 4.30. The van der Waals surface area contributed by atoms with Gasteiger partial charge in [0, 0.05) is 31.1 Å². The first-order valence-corrected chi connectivity index (χ1v) is 8.62. The number of nitrogens with zero attached hydrogens (tertiary/aromatic N) is 1. The van der Waals surface area contributed by atoms with E-state index >= 15 is 0 Å².